The first kappa shape index (κ1) is 24.8. The first-order chi connectivity index (χ1) is 17.0. The Balaban J connectivity index is 1.34. The van der Waals surface area contributed by atoms with Crippen LogP contribution in [0.4, 0.5) is 5.69 Å². The highest BCUT2D eigenvalue weighted by atomic mass is 16.2. The zero-order valence-electron chi connectivity index (χ0n) is 21.4. The molecule has 4 N–H and O–H groups in total. The molecule has 6 heteroatoms. The molecule has 1 aromatic rings. The van der Waals surface area contributed by atoms with Crippen LogP contribution in [0.3, 0.4) is 0 Å². The number of rotatable bonds is 11. The van der Waals surface area contributed by atoms with Crippen molar-refractivity contribution in [1.29, 1.82) is 0 Å². The van der Waals surface area contributed by atoms with Gasteiger partial charge in [-0.05, 0) is 107 Å². The lowest BCUT2D eigenvalue weighted by Crippen LogP contribution is -2.59. The molecule has 6 nitrogen and oxygen atoms in total. The Kier molecular flexibility index (Phi) is 7.50. The van der Waals surface area contributed by atoms with Crippen LogP contribution >= 0.6 is 0 Å². The van der Waals surface area contributed by atoms with E-state index in [4.69, 9.17) is 5.73 Å². The van der Waals surface area contributed by atoms with E-state index in [9.17, 15) is 9.59 Å². The second-order valence-corrected chi connectivity index (χ2v) is 12.0. The van der Waals surface area contributed by atoms with Crippen LogP contribution < -0.4 is 16.4 Å². The first-order valence-electron chi connectivity index (χ1n) is 14.1. The standard InChI is InChI=1S/C29H44N4O2/c1-33(29-17-20-13-21(18-29)15-22(14-20)19-29)26(9-4-2-3-5-12-30)23-7-6-8-24(16-23)31-25-10-11-27(34)32-28(25)35/h6-8,16,20-22,25-26,31H,2-5,9-15,17-19,30H2,1H3,(H,32,34,35). The highest BCUT2D eigenvalue weighted by Gasteiger charge is 2.53. The summed E-state index contributed by atoms with van der Waals surface area (Å²) in [6, 6.07) is 8.74. The van der Waals surface area contributed by atoms with Crippen molar-refractivity contribution in [3.63, 3.8) is 0 Å². The molecule has 5 fully saturated rings. The summed E-state index contributed by atoms with van der Waals surface area (Å²) in [5.41, 5.74) is 8.40. The number of carbonyl (C=O) groups excluding carboxylic acids is 2. The molecule has 1 aliphatic heterocycles. The Morgan fingerprint density at radius 1 is 1.06 bits per heavy atom. The fourth-order valence-corrected chi connectivity index (χ4v) is 8.12. The minimum atomic E-state index is -0.349. The molecule has 192 valence electrons. The van der Waals surface area contributed by atoms with E-state index in [0.29, 0.717) is 24.4 Å². The predicted molar refractivity (Wildman–Crippen MR) is 140 cm³/mol. The smallest absolute Gasteiger partial charge is 0.249 e. The molecular formula is C29H44N4O2. The molecule has 0 radical (unpaired) electrons. The van der Waals surface area contributed by atoms with Crippen LogP contribution in [0.25, 0.3) is 0 Å². The maximum Gasteiger partial charge on any atom is 0.249 e. The maximum atomic E-state index is 12.3. The normalized spacial score (nSPS) is 32.7. The van der Waals surface area contributed by atoms with Crippen LogP contribution in [0.1, 0.15) is 95.1 Å². The lowest BCUT2D eigenvalue weighted by molar-refractivity contribution is -0.133. The number of unbranched alkanes of at least 4 members (excludes halogenated alkanes) is 3. The van der Waals surface area contributed by atoms with Gasteiger partial charge in [0.05, 0.1) is 0 Å². The van der Waals surface area contributed by atoms with Crippen molar-refractivity contribution in [3.05, 3.63) is 29.8 Å². The molecule has 0 spiro atoms. The van der Waals surface area contributed by atoms with Crippen LogP contribution in [-0.2, 0) is 9.59 Å². The van der Waals surface area contributed by atoms with Crippen LogP contribution in [0.15, 0.2) is 24.3 Å². The summed E-state index contributed by atoms with van der Waals surface area (Å²) in [5, 5.41) is 5.87. The molecule has 4 bridgehead atoms. The van der Waals surface area contributed by atoms with Gasteiger partial charge in [-0.15, -0.1) is 0 Å². The summed E-state index contributed by atoms with van der Waals surface area (Å²) >= 11 is 0. The van der Waals surface area contributed by atoms with Crippen LogP contribution in [0, 0.1) is 17.8 Å². The zero-order valence-corrected chi connectivity index (χ0v) is 21.4. The molecule has 1 aromatic carbocycles. The molecule has 6 rings (SSSR count). The number of imide groups is 1. The molecular weight excluding hydrogens is 436 g/mol. The lowest BCUT2D eigenvalue weighted by Gasteiger charge is -2.61. The van der Waals surface area contributed by atoms with Crippen molar-refractivity contribution in [2.75, 3.05) is 18.9 Å². The maximum absolute atomic E-state index is 12.3. The van der Waals surface area contributed by atoms with E-state index in [-0.39, 0.29) is 17.9 Å². The average molecular weight is 481 g/mol. The van der Waals surface area contributed by atoms with Crippen molar-refractivity contribution >= 4 is 17.5 Å². The van der Waals surface area contributed by atoms with Gasteiger partial charge >= 0.3 is 0 Å². The highest BCUT2D eigenvalue weighted by molar-refractivity contribution is 6.01. The third kappa shape index (κ3) is 5.43. The molecule has 1 heterocycles. The molecule has 2 amide bonds. The van der Waals surface area contributed by atoms with E-state index in [1.54, 1.807) is 0 Å². The highest BCUT2D eigenvalue weighted by Crippen LogP contribution is 2.59. The monoisotopic (exact) mass is 480 g/mol. The van der Waals surface area contributed by atoms with Gasteiger partial charge in [-0.2, -0.15) is 0 Å². The largest absolute Gasteiger partial charge is 0.374 e. The van der Waals surface area contributed by atoms with E-state index in [2.05, 4.69) is 46.8 Å². The predicted octanol–water partition coefficient (Wildman–Crippen LogP) is 4.75. The Hall–Kier alpha value is -1.92. The van der Waals surface area contributed by atoms with E-state index in [0.717, 1.165) is 42.8 Å². The third-order valence-electron chi connectivity index (χ3n) is 9.50. The lowest BCUT2D eigenvalue weighted by atomic mass is 9.52. The number of carbonyl (C=O) groups is 2. The molecule has 4 aliphatic carbocycles. The van der Waals surface area contributed by atoms with Gasteiger partial charge in [-0.3, -0.25) is 19.8 Å². The number of nitrogens with one attached hydrogen (secondary N) is 2. The number of nitrogens with zero attached hydrogens (tertiary/aromatic N) is 1. The zero-order chi connectivity index (χ0) is 24.4. The molecule has 4 saturated carbocycles. The minimum Gasteiger partial charge on any atom is -0.374 e. The van der Waals surface area contributed by atoms with E-state index >= 15 is 0 Å². The number of amides is 2. The van der Waals surface area contributed by atoms with Crippen molar-refractivity contribution in [1.82, 2.24) is 10.2 Å². The van der Waals surface area contributed by atoms with Crippen LogP contribution in [0.2, 0.25) is 0 Å². The molecule has 0 aromatic heterocycles. The van der Waals surface area contributed by atoms with Gasteiger partial charge in [-0.25, -0.2) is 0 Å². The van der Waals surface area contributed by atoms with E-state index in [1.165, 1.54) is 63.4 Å². The second-order valence-electron chi connectivity index (χ2n) is 12.0. The van der Waals surface area contributed by atoms with E-state index < -0.39 is 0 Å². The fraction of sp³-hybridized carbons (Fsp3) is 0.724. The molecule has 35 heavy (non-hydrogen) atoms. The molecule has 1 saturated heterocycles. The van der Waals surface area contributed by atoms with E-state index in [1.807, 2.05) is 0 Å². The third-order valence-corrected chi connectivity index (χ3v) is 9.50. The van der Waals surface area contributed by atoms with Crippen molar-refractivity contribution in [2.24, 2.45) is 23.5 Å². The number of hydrogen-bond acceptors (Lipinski definition) is 5. The Labute approximate surface area is 210 Å². The van der Waals surface area contributed by atoms with Crippen LogP contribution in [0.5, 0.6) is 0 Å². The number of nitrogens with two attached hydrogens (primary N) is 1. The number of benzene rings is 1. The van der Waals surface area contributed by atoms with Crippen molar-refractivity contribution in [2.45, 2.75) is 101 Å². The van der Waals surface area contributed by atoms with Gasteiger partial charge in [0.25, 0.3) is 0 Å². The van der Waals surface area contributed by atoms with Gasteiger partial charge in [0, 0.05) is 23.7 Å². The SMILES string of the molecule is CN(C(CCCCCCN)c1cccc(NC2CCC(=O)NC2=O)c1)C12CC3CC(CC(C3)C1)C2. The first-order valence-corrected chi connectivity index (χ1v) is 14.1. The van der Waals surface area contributed by atoms with Crippen LogP contribution in [-0.4, -0.2) is 41.9 Å². The quantitative estimate of drug-likeness (QED) is 0.314. The second kappa shape index (κ2) is 10.6. The van der Waals surface area contributed by atoms with Crippen molar-refractivity contribution < 1.29 is 9.59 Å². The number of piperidine rings is 1. The summed E-state index contributed by atoms with van der Waals surface area (Å²) in [6.45, 7) is 0.782. The Morgan fingerprint density at radius 3 is 2.40 bits per heavy atom. The number of anilines is 1. The summed E-state index contributed by atoms with van der Waals surface area (Å²) in [5.74, 6) is 2.39. The summed E-state index contributed by atoms with van der Waals surface area (Å²) in [7, 11) is 2.40. The van der Waals surface area contributed by atoms with Gasteiger partial charge in [0.15, 0.2) is 0 Å². The topological polar surface area (TPSA) is 87.5 Å². The number of hydrogen-bond donors (Lipinski definition) is 3. The minimum absolute atomic E-state index is 0.173. The molecule has 5 aliphatic rings. The fourth-order valence-electron chi connectivity index (χ4n) is 8.12. The van der Waals surface area contributed by atoms with Gasteiger partial charge < -0.3 is 11.1 Å². The van der Waals surface area contributed by atoms with Gasteiger partial charge in [0.2, 0.25) is 11.8 Å². The summed E-state index contributed by atoms with van der Waals surface area (Å²) < 4.78 is 0. The Bertz CT molecular complexity index is 880. The summed E-state index contributed by atoms with van der Waals surface area (Å²) in [4.78, 5) is 26.6. The van der Waals surface area contributed by atoms with Crippen molar-refractivity contribution in [3.8, 4) is 0 Å². The summed E-state index contributed by atoms with van der Waals surface area (Å²) in [6.07, 6.45) is 15.4. The van der Waals surface area contributed by atoms with Gasteiger partial charge in [0.1, 0.15) is 6.04 Å². The average Bonchev–Trinajstić information content (AvgIpc) is 2.82. The molecule has 2 atom stereocenters. The van der Waals surface area contributed by atoms with Gasteiger partial charge in [-0.1, -0.05) is 31.4 Å². The Morgan fingerprint density at radius 2 is 1.74 bits per heavy atom. The molecule has 2 unspecified atom stereocenters.